The lowest BCUT2D eigenvalue weighted by Gasteiger charge is -2.37. The Morgan fingerprint density at radius 3 is 2.59 bits per heavy atom. The zero-order valence-electron chi connectivity index (χ0n) is 18.7. The topological polar surface area (TPSA) is 239 Å². The molecule has 0 unspecified atom stereocenters. The van der Waals surface area contributed by atoms with Crippen molar-refractivity contribution < 1.29 is 53.9 Å². The molecule has 0 aromatic heterocycles. The first-order valence-corrected chi connectivity index (χ1v) is 12.0. The van der Waals surface area contributed by atoms with Crippen LogP contribution in [0.3, 0.4) is 0 Å². The predicted octanol–water partition coefficient (Wildman–Crippen LogP) is -2.93. The number of fused-ring (bicyclic) bond motifs is 1. The number of aliphatic hydroxyl groups excluding tert-OH is 1. The fourth-order valence-electron chi connectivity index (χ4n) is 3.78. The number of cyclic esters (lactones) is 1. The van der Waals surface area contributed by atoms with Gasteiger partial charge in [0, 0.05) is 6.42 Å². The smallest absolute Gasteiger partial charge is 0.342 e. The summed E-state index contributed by atoms with van der Waals surface area (Å²) in [5.74, 6) is -3.14. The number of aromatic hydroxyl groups is 1. The summed E-state index contributed by atoms with van der Waals surface area (Å²) in [5.41, 5.74) is 9.02. The number of ether oxygens (including phenoxy) is 1. The Hall–Kier alpha value is -2.54. The Kier molecular flexibility index (Phi) is 9.17. The van der Waals surface area contributed by atoms with Gasteiger partial charge in [-0.05, 0) is 24.0 Å². The average Bonchev–Trinajstić information content (AvgIpc) is 2.69. The van der Waals surface area contributed by atoms with E-state index in [9.17, 15) is 38.9 Å². The zero-order chi connectivity index (χ0) is 25.8. The molecule has 0 radical (unpaired) electrons. The first kappa shape index (κ1) is 27.7. The number of hydrogen-bond acceptors (Lipinski definition) is 10. The molecule has 0 spiro atoms. The van der Waals surface area contributed by atoms with Crippen LogP contribution >= 0.6 is 7.82 Å². The quantitative estimate of drug-likeness (QED) is 0.152. The normalized spacial score (nSPS) is 19.5. The Labute approximate surface area is 195 Å². The Morgan fingerprint density at radius 2 is 2.03 bits per heavy atom. The number of nitrogens with one attached hydrogen (secondary N) is 1. The molecule has 14 heteroatoms. The molecule has 1 aliphatic rings. The van der Waals surface area contributed by atoms with Crippen molar-refractivity contribution in [2.24, 2.45) is 11.7 Å². The van der Waals surface area contributed by atoms with E-state index >= 15 is 0 Å². The van der Waals surface area contributed by atoms with Crippen molar-refractivity contribution >= 4 is 25.6 Å². The van der Waals surface area contributed by atoms with Gasteiger partial charge < -0.3 is 50.6 Å². The van der Waals surface area contributed by atoms with Crippen LogP contribution in [-0.4, -0.2) is 58.4 Å². The van der Waals surface area contributed by atoms with E-state index in [1.807, 2.05) is 13.8 Å². The van der Waals surface area contributed by atoms with Crippen molar-refractivity contribution in [3.8, 4) is 5.75 Å². The van der Waals surface area contributed by atoms with Crippen LogP contribution in [0.1, 0.15) is 42.6 Å². The summed E-state index contributed by atoms with van der Waals surface area (Å²) < 4.78 is 21.0. The summed E-state index contributed by atoms with van der Waals surface area (Å²) >= 11 is 0. The number of hydrogen-bond donors (Lipinski definition) is 5. The lowest BCUT2D eigenvalue weighted by atomic mass is 9.90. The highest BCUT2D eigenvalue weighted by Gasteiger charge is 2.40. The summed E-state index contributed by atoms with van der Waals surface area (Å²) in [4.78, 5) is 59.0. The van der Waals surface area contributed by atoms with Crippen LogP contribution in [0.4, 0.5) is 0 Å². The SMILES string of the molecule is CC(C)C[C@H](NC(=O)[C@@H](OP(=O)([O-])[O-])[C@@H](O)[C@@H]([NH3+])CC(N)=O)[C@@H]1Cc2cccc(O)c2C(=O)O1. The van der Waals surface area contributed by atoms with E-state index in [2.05, 4.69) is 15.6 Å². The standard InChI is InChI=1S/C20H30N3O10P/c1-9(2)6-12(14-7-10-4-3-5-13(24)16(10)20(28)32-14)23-19(27)18(33-34(29,30)31)17(26)11(21)8-15(22)25/h3-5,9,11-12,14,17-18,24,26H,6-8,21H2,1-2H3,(H2,22,25)(H,23,27)(H2,29,30,31)/p-1/t11-,12-,14-,17-,18-/m0/s1. The molecule has 190 valence electrons. The molecule has 0 aliphatic carbocycles. The number of primary amides is 1. The molecular weight excluding hydrogens is 473 g/mol. The molecule has 1 aromatic carbocycles. The molecule has 2 rings (SSSR count). The maximum absolute atomic E-state index is 12.9. The van der Waals surface area contributed by atoms with Gasteiger partial charge in [0.25, 0.3) is 5.91 Å². The van der Waals surface area contributed by atoms with Crippen molar-refractivity contribution in [2.45, 2.75) is 63.5 Å². The lowest BCUT2D eigenvalue weighted by molar-refractivity contribution is -0.440. The number of quaternary nitrogens is 1. The van der Waals surface area contributed by atoms with Crippen LogP contribution < -0.4 is 26.6 Å². The van der Waals surface area contributed by atoms with Crippen molar-refractivity contribution in [3.05, 3.63) is 29.3 Å². The highest BCUT2D eigenvalue weighted by atomic mass is 31.2. The summed E-state index contributed by atoms with van der Waals surface area (Å²) in [6.45, 7) is 3.66. The van der Waals surface area contributed by atoms with Crippen molar-refractivity contribution in [2.75, 3.05) is 0 Å². The highest BCUT2D eigenvalue weighted by molar-refractivity contribution is 7.43. The van der Waals surface area contributed by atoms with Crippen LogP contribution in [-0.2, 0) is 29.8 Å². The number of phosphoric acid groups is 1. The first-order valence-electron chi connectivity index (χ1n) is 10.5. The first-order chi connectivity index (χ1) is 15.7. The van der Waals surface area contributed by atoms with E-state index in [4.69, 9.17) is 10.5 Å². The second kappa shape index (κ2) is 11.3. The summed E-state index contributed by atoms with van der Waals surface area (Å²) in [6.07, 6.45) is -5.20. The second-order valence-corrected chi connectivity index (χ2v) is 9.70. The van der Waals surface area contributed by atoms with Gasteiger partial charge in [-0.15, -0.1) is 0 Å². The third kappa shape index (κ3) is 7.49. The van der Waals surface area contributed by atoms with Crippen molar-refractivity contribution in [1.82, 2.24) is 5.32 Å². The van der Waals surface area contributed by atoms with Gasteiger partial charge in [0.15, 0.2) is 6.10 Å². The summed E-state index contributed by atoms with van der Waals surface area (Å²) in [5, 5.41) is 22.8. The third-order valence-corrected chi connectivity index (χ3v) is 5.76. The number of phenolic OH excluding ortho intramolecular Hbond substituents is 1. The maximum atomic E-state index is 12.9. The number of phenols is 1. The molecule has 1 aliphatic heterocycles. The Morgan fingerprint density at radius 1 is 1.38 bits per heavy atom. The molecule has 0 fully saturated rings. The van der Waals surface area contributed by atoms with Gasteiger partial charge in [0.1, 0.15) is 29.6 Å². The van der Waals surface area contributed by atoms with E-state index in [1.54, 1.807) is 12.1 Å². The molecule has 34 heavy (non-hydrogen) atoms. The minimum atomic E-state index is -5.74. The molecule has 13 nitrogen and oxygen atoms in total. The maximum Gasteiger partial charge on any atom is 0.342 e. The van der Waals surface area contributed by atoms with E-state index in [0.29, 0.717) is 5.56 Å². The number of carbonyl (C=O) groups excluding carboxylic acids is 3. The van der Waals surface area contributed by atoms with Gasteiger partial charge in [0.2, 0.25) is 5.91 Å². The fraction of sp³-hybridized carbons (Fsp3) is 0.550. The molecule has 5 atom stereocenters. The number of benzene rings is 1. The molecule has 0 saturated heterocycles. The molecule has 1 aromatic rings. The Bertz CT molecular complexity index is 966. The molecule has 2 amide bonds. The predicted molar refractivity (Wildman–Crippen MR) is 111 cm³/mol. The number of nitrogens with two attached hydrogens (primary N) is 1. The third-order valence-electron chi connectivity index (χ3n) is 5.27. The van der Waals surface area contributed by atoms with E-state index in [0.717, 1.165) is 0 Å². The van der Waals surface area contributed by atoms with E-state index in [1.165, 1.54) is 6.07 Å². The van der Waals surface area contributed by atoms with Gasteiger partial charge in [-0.25, -0.2) is 4.79 Å². The highest BCUT2D eigenvalue weighted by Crippen LogP contribution is 2.32. The molecule has 0 saturated carbocycles. The number of aliphatic hydroxyl groups is 1. The summed E-state index contributed by atoms with van der Waals surface area (Å²) in [6, 6.07) is 2.37. The number of rotatable bonds is 11. The minimum Gasteiger partial charge on any atom is -0.790 e. The van der Waals surface area contributed by atoms with Crippen LogP contribution in [0.5, 0.6) is 5.75 Å². The van der Waals surface area contributed by atoms with Gasteiger partial charge >= 0.3 is 5.97 Å². The largest absolute Gasteiger partial charge is 0.790 e. The van der Waals surface area contributed by atoms with Crippen LogP contribution in [0.15, 0.2) is 18.2 Å². The van der Waals surface area contributed by atoms with Crippen LogP contribution in [0.25, 0.3) is 0 Å². The Balaban J connectivity index is 2.30. The van der Waals surface area contributed by atoms with Gasteiger partial charge in [-0.3, -0.25) is 9.59 Å². The van der Waals surface area contributed by atoms with E-state index < -0.39 is 62.4 Å². The monoisotopic (exact) mass is 502 g/mol. The molecule has 1 heterocycles. The average molecular weight is 502 g/mol. The second-order valence-electron chi connectivity index (χ2n) is 8.60. The number of carbonyl (C=O) groups is 3. The minimum absolute atomic E-state index is 0.00926. The number of phosphoric ester groups is 1. The van der Waals surface area contributed by atoms with Crippen LogP contribution in [0.2, 0.25) is 0 Å². The molecule has 0 bridgehead atoms. The number of esters is 1. The molecular formula is C20H29N3O10P-. The summed E-state index contributed by atoms with van der Waals surface area (Å²) in [7, 11) is -5.74. The lowest BCUT2D eigenvalue weighted by Crippen LogP contribution is -2.71. The van der Waals surface area contributed by atoms with Crippen molar-refractivity contribution in [1.29, 1.82) is 0 Å². The number of amides is 2. The van der Waals surface area contributed by atoms with Gasteiger partial charge in [0.05, 0.1) is 20.3 Å². The van der Waals surface area contributed by atoms with Gasteiger partial charge in [-0.2, -0.15) is 0 Å². The van der Waals surface area contributed by atoms with Gasteiger partial charge in [-0.1, -0.05) is 26.0 Å². The fourth-order valence-corrected chi connectivity index (χ4v) is 4.28. The van der Waals surface area contributed by atoms with E-state index in [-0.39, 0.29) is 30.1 Å². The van der Waals surface area contributed by atoms with Crippen molar-refractivity contribution in [3.63, 3.8) is 0 Å². The zero-order valence-corrected chi connectivity index (χ0v) is 19.6. The molecule has 8 N–H and O–H groups in total. The van der Waals surface area contributed by atoms with Crippen LogP contribution in [0, 0.1) is 5.92 Å².